The second-order valence-electron chi connectivity index (χ2n) is 5.04. The molecule has 0 aromatic heterocycles. The van der Waals surface area contributed by atoms with E-state index in [-0.39, 0.29) is 0 Å². The minimum absolute atomic E-state index is 0.310. The van der Waals surface area contributed by atoms with Gasteiger partial charge in [0.05, 0.1) is 0 Å². The van der Waals surface area contributed by atoms with Crippen molar-refractivity contribution in [3.05, 3.63) is 11.6 Å². The summed E-state index contributed by atoms with van der Waals surface area (Å²) in [5, 5.41) is 8.64. The van der Waals surface area contributed by atoms with E-state index < -0.39 is 5.97 Å². The summed E-state index contributed by atoms with van der Waals surface area (Å²) < 4.78 is 0. The Labute approximate surface area is 87.0 Å². The number of carbonyl (C=O) groups is 1. The summed E-state index contributed by atoms with van der Waals surface area (Å²) in [6, 6.07) is 0. The highest BCUT2D eigenvalue weighted by Gasteiger charge is 2.18. The average Bonchev–Trinajstić information content (AvgIpc) is 2.01. The maximum atomic E-state index is 10.5. The molecule has 82 valence electrons. The van der Waals surface area contributed by atoms with Crippen LogP contribution in [0.3, 0.4) is 0 Å². The van der Waals surface area contributed by atoms with E-state index >= 15 is 0 Å². The van der Waals surface area contributed by atoms with Crippen LogP contribution in [-0.4, -0.2) is 11.1 Å². The van der Waals surface area contributed by atoms with Crippen molar-refractivity contribution in [3.63, 3.8) is 0 Å². The molecule has 0 saturated heterocycles. The van der Waals surface area contributed by atoms with E-state index in [4.69, 9.17) is 5.11 Å². The Hall–Kier alpha value is -0.790. The third-order valence-corrected chi connectivity index (χ3v) is 2.87. The van der Waals surface area contributed by atoms with Gasteiger partial charge in [0.2, 0.25) is 0 Å². The van der Waals surface area contributed by atoms with Gasteiger partial charge in [-0.3, -0.25) is 0 Å². The number of carboxylic acid groups (broad SMARTS) is 1. The van der Waals surface area contributed by atoms with E-state index in [1.54, 1.807) is 6.92 Å². The second-order valence-corrected chi connectivity index (χ2v) is 5.04. The zero-order chi connectivity index (χ0) is 11.4. The highest BCUT2D eigenvalue weighted by atomic mass is 16.4. The molecule has 0 aliphatic rings. The van der Waals surface area contributed by atoms with Crippen LogP contribution in [0.15, 0.2) is 11.6 Å². The zero-order valence-electron chi connectivity index (χ0n) is 9.92. The third kappa shape index (κ3) is 5.05. The van der Waals surface area contributed by atoms with Crippen molar-refractivity contribution in [2.45, 2.75) is 47.5 Å². The zero-order valence-corrected chi connectivity index (χ0v) is 9.92. The van der Waals surface area contributed by atoms with Gasteiger partial charge in [-0.1, -0.05) is 33.8 Å². The Kier molecular flexibility index (Phi) is 4.89. The van der Waals surface area contributed by atoms with Crippen LogP contribution >= 0.6 is 0 Å². The van der Waals surface area contributed by atoms with Gasteiger partial charge in [-0.05, 0) is 31.1 Å². The Balaban J connectivity index is 3.97. The van der Waals surface area contributed by atoms with Gasteiger partial charge in [0.25, 0.3) is 0 Å². The molecule has 0 spiro atoms. The molecular weight excluding hydrogens is 176 g/mol. The van der Waals surface area contributed by atoms with Crippen molar-refractivity contribution in [1.82, 2.24) is 0 Å². The van der Waals surface area contributed by atoms with Gasteiger partial charge >= 0.3 is 5.97 Å². The largest absolute Gasteiger partial charge is 0.478 e. The molecule has 0 aliphatic heterocycles. The first kappa shape index (κ1) is 13.2. The molecule has 0 aromatic rings. The van der Waals surface area contributed by atoms with Gasteiger partial charge in [0.1, 0.15) is 0 Å². The Morgan fingerprint density at radius 3 is 2.29 bits per heavy atom. The fourth-order valence-electron chi connectivity index (χ4n) is 1.07. The minimum atomic E-state index is -0.812. The molecule has 2 heteroatoms. The predicted octanol–water partition coefficient (Wildman–Crippen LogP) is 3.48. The number of aliphatic carboxylic acids is 1. The summed E-state index contributed by atoms with van der Waals surface area (Å²) in [6.07, 6.45) is 3.72. The third-order valence-electron chi connectivity index (χ3n) is 2.87. The summed E-state index contributed by atoms with van der Waals surface area (Å²) in [5.74, 6) is -0.200. The summed E-state index contributed by atoms with van der Waals surface area (Å²) in [7, 11) is 0. The van der Waals surface area contributed by atoms with Crippen LogP contribution in [0, 0.1) is 11.3 Å². The lowest BCUT2D eigenvalue weighted by molar-refractivity contribution is -0.132. The highest BCUT2D eigenvalue weighted by molar-refractivity contribution is 5.85. The monoisotopic (exact) mass is 198 g/mol. The first-order valence-electron chi connectivity index (χ1n) is 5.15. The molecule has 0 radical (unpaired) electrons. The van der Waals surface area contributed by atoms with E-state index in [2.05, 4.69) is 27.7 Å². The molecule has 0 amide bonds. The van der Waals surface area contributed by atoms with Gasteiger partial charge in [0.15, 0.2) is 0 Å². The van der Waals surface area contributed by atoms with E-state index in [0.717, 1.165) is 12.8 Å². The summed E-state index contributed by atoms with van der Waals surface area (Å²) in [6.45, 7) is 10.5. The molecule has 2 nitrogen and oxygen atoms in total. The second kappa shape index (κ2) is 5.18. The quantitative estimate of drug-likeness (QED) is 0.702. The minimum Gasteiger partial charge on any atom is -0.478 e. The maximum absolute atomic E-state index is 10.5. The van der Waals surface area contributed by atoms with Crippen LogP contribution < -0.4 is 0 Å². The molecule has 0 rings (SSSR count). The molecule has 0 saturated carbocycles. The first-order valence-corrected chi connectivity index (χ1v) is 5.15. The summed E-state index contributed by atoms with van der Waals surface area (Å²) in [5.41, 5.74) is 0.761. The summed E-state index contributed by atoms with van der Waals surface area (Å²) in [4.78, 5) is 10.5. The molecule has 0 heterocycles. The lowest BCUT2D eigenvalue weighted by Crippen LogP contribution is -2.16. The fourth-order valence-corrected chi connectivity index (χ4v) is 1.07. The number of carboxylic acids is 1. The number of hydrogen-bond donors (Lipinski definition) is 1. The molecule has 1 atom stereocenters. The SMILES string of the molecule is CC(=CCCC(C)C(C)(C)C)C(=O)O. The van der Waals surface area contributed by atoms with Gasteiger partial charge in [-0.2, -0.15) is 0 Å². The number of rotatable bonds is 4. The van der Waals surface area contributed by atoms with Crippen LogP contribution in [0.5, 0.6) is 0 Å². The predicted molar refractivity (Wildman–Crippen MR) is 59.2 cm³/mol. The van der Waals surface area contributed by atoms with Crippen molar-refractivity contribution in [1.29, 1.82) is 0 Å². The van der Waals surface area contributed by atoms with Crippen molar-refractivity contribution in [2.24, 2.45) is 11.3 Å². The number of allylic oxidation sites excluding steroid dienone is 1. The molecule has 0 aliphatic carbocycles. The van der Waals surface area contributed by atoms with Crippen LogP contribution in [0.4, 0.5) is 0 Å². The molecule has 1 unspecified atom stereocenters. The topological polar surface area (TPSA) is 37.3 Å². The molecule has 0 fully saturated rings. The van der Waals surface area contributed by atoms with Crippen molar-refractivity contribution in [2.75, 3.05) is 0 Å². The van der Waals surface area contributed by atoms with Crippen molar-refractivity contribution < 1.29 is 9.90 Å². The normalized spacial score (nSPS) is 15.4. The number of hydrogen-bond acceptors (Lipinski definition) is 1. The molecule has 0 aromatic carbocycles. The Morgan fingerprint density at radius 1 is 1.43 bits per heavy atom. The van der Waals surface area contributed by atoms with Crippen molar-refractivity contribution >= 4 is 5.97 Å². The van der Waals surface area contributed by atoms with E-state index in [1.165, 1.54) is 0 Å². The van der Waals surface area contributed by atoms with Crippen molar-refractivity contribution in [3.8, 4) is 0 Å². The lowest BCUT2D eigenvalue weighted by Gasteiger charge is -2.26. The van der Waals surface area contributed by atoms with Gasteiger partial charge in [0, 0.05) is 5.57 Å². The molecular formula is C12H22O2. The molecule has 1 N–H and O–H groups in total. The van der Waals surface area contributed by atoms with E-state index in [1.807, 2.05) is 6.08 Å². The summed E-state index contributed by atoms with van der Waals surface area (Å²) >= 11 is 0. The first-order chi connectivity index (χ1) is 6.25. The molecule has 14 heavy (non-hydrogen) atoms. The van der Waals surface area contributed by atoms with Crippen LogP contribution in [-0.2, 0) is 4.79 Å². The Bertz CT molecular complexity index is 221. The van der Waals surface area contributed by atoms with Crippen LogP contribution in [0.2, 0.25) is 0 Å². The Morgan fingerprint density at radius 2 is 1.93 bits per heavy atom. The van der Waals surface area contributed by atoms with Crippen LogP contribution in [0.1, 0.15) is 47.5 Å². The maximum Gasteiger partial charge on any atom is 0.330 e. The standard InChI is InChI=1S/C12H22O2/c1-9(11(13)14)7-6-8-10(2)12(3,4)5/h7,10H,6,8H2,1-5H3,(H,13,14). The van der Waals surface area contributed by atoms with Gasteiger partial charge in [-0.25, -0.2) is 4.79 Å². The van der Waals surface area contributed by atoms with Crippen LogP contribution in [0.25, 0.3) is 0 Å². The highest BCUT2D eigenvalue weighted by Crippen LogP contribution is 2.29. The lowest BCUT2D eigenvalue weighted by atomic mass is 9.79. The smallest absolute Gasteiger partial charge is 0.330 e. The van der Waals surface area contributed by atoms with E-state index in [0.29, 0.717) is 16.9 Å². The van der Waals surface area contributed by atoms with Gasteiger partial charge < -0.3 is 5.11 Å². The molecule has 0 bridgehead atoms. The average molecular weight is 198 g/mol. The van der Waals surface area contributed by atoms with E-state index in [9.17, 15) is 4.79 Å². The fraction of sp³-hybridized carbons (Fsp3) is 0.750. The van der Waals surface area contributed by atoms with Gasteiger partial charge in [-0.15, -0.1) is 0 Å².